The Hall–Kier alpha value is -1.25. The largest absolute Gasteiger partial charge is 0.299 e. The normalized spacial score (nSPS) is 15.2. The fourth-order valence-corrected chi connectivity index (χ4v) is 1.80. The monoisotopic (exact) mass is 224 g/mol. The third kappa shape index (κ3) is 2.29. The standard InChI is InChI=1S/C13H14F2O/c1-8-2-6-11(14)10(13(8)15)5-7-12(16)9-3-4-9/h2,6,9H,3-5,7H2,1H3. The molecule has 16 heavy (non-hydrogen) atoms. The van der Waals surface area contributed by atoms with Crippen molar-refractivity contribution < 1.29 is 13.6 Å². The molecule has 2 rings (SSSR count). The lowest BCUT2D eigenvalue weighted by Gasteiger charge is -2.06. The minimum absolute atomic E-state index is 0.0500. The van der Waals surface area contributed by atoms with Crippen LogP contribution in [0, 0.1) is 24.5 Å². The Labute approximate surface area is 93.5 Å². The molecular weight excluding hydrogens is 210 g/mol. The molecule has 86 valence electrons. The minimum Gasteiger partial charge on any atom is -0.299 e. The van der Waals surface area contributed by atoms with Crippen LogP contribution in [0.15, 0.2) is 12.1 Å². The summed E-state index contributed by atoms with van der Waals surface area (Å²) in [5, 5.41) is 0. The maximum absolute atomic E-state index is 13.6. The lowest BCUT2D eigenvalue weighted by Crippen LogP contribution is -2.05. The van der Waals surface area contributed by atoms with E-state index in [2.05, 4.69) is 0 Å². The molecule has 1 nitrogen and oxygen atoms in total. The van der Waals surface area contributed by atoms with Crippen LogP contribution >= 0.6 is 0 Å². The molecule has 0 radical (unpaired) electrons. The first-order valence-corrected chi connectivity index (χ1v) is 5.56. The molecule has 0 spiro atoms. The summed E-state index contributed by atoms with van der Waals surface area (Å²) in [5.41, 5.74) is 0.476. The van der Waals surface area contributed by atoms with Gasteiger partial charge in [0.2, 0.25) is 0 Å². The molecule has 0 aromatic heterocycles. The van der Waals surface area contributed by atoms with Crippen molar-refractivity contribution in [2.75, 3.05) is 0 Å². The van der Waals surface area contributed by atoms with Gasteiger partial charge in [-0.15, -0.1) is 0 Å². The van der Waals surface area contributed by atoms with Crippen molar-refractivity contribution in [3.05, 3.63) is 34.9 Å². The molecule has 0 N–H and O–H groups in total. The first-order valence-electron chi connectivity index (χ1n) is 5.56. The number of carbonyl (C=O) groups excluding carboxylic acids is 1. The molecule has 1 aromatic rings. The second kappa shape index (κ2) is 4.32. The molecule has 3 heteroatoms. The van der Waals surface area contributed by atoms with Crippen LogP contribution in [0.5, 0.6) is 0 Å². The first-order chi connectivity index (χ1) is 7.59. The van der Waals surface area contributed by atoms with Crippen LogP contribution in [0.25, 0.3) is 0 Å². The molecule has 1 aromatic carbocycles. The molecule has 1 fully saturated rings. The Morgan fingerprint density at radius 2 is 2.06 bits per heavy atom. The smallest absolute Gasteiger partial charge is 0.136 e. The summed E-state index contributed by atoms with van der Waals surface area (Å²) in [6, 6.07) is 2.67. The van der Waals surface area contributed by atoms with E-state index in [1.165, 1.54) is 12.1 Å². The number of halogens is 2. The van der Waals surface area contributed by atoms with Crippen molar-refractivity contribution in [2.24, 2.45) is 5.92 Å². The van der Waals surface area contributed by atoms with E-state index < -0.39 is 11.6 Å². The van der Waals surface area contributed by atoms with Crippen LogP contribution < -0.4 is 0 Å². The predicted molar refractivity (Wildman–Crippen MR) is 57.1 cm³/mol. The molecular formula is C13H14F2O. The Bertz CT molecular complexity index is 422. The summed E-state index contributed by atoms with van der Waals surface area (Å²) in [4.78, 5) is 11.4. The van der Waals surface area contributed by atoms with Gasteiger partial charge < -0.3 is 0 Å². The fraction of sp³-hybridized carbons (Fsp3) is 0.462. The van der Waals surface area contributed by atoms with Gasteiger partial charge in [-0.3, -0.25) is 4.79 Å². The van der Waals surface area contributed by atoms with E-state index in [1.807, 2.05) is 0 Å². The second-order valence-corrected chi connectivity index (χ2v) is 4.40. The Morgan fingerprint density at radius 1 is 1.38 bits per heavy atom. The highest BCUT2D eigenvalue weighted by Crippen LogP contribution is 2.31. The highest BCUT2D eigenvalue weighted by Gasteiger charge is 2.29. The molecule has 0 atom stereocenters. The Morgan fingerprint density at radius 3 is 2.69 bits per heavy atom. The van der Waals surface area contributed by atoms with Gasteiger partial charge in [0.05, 0.1) is 0 Å². The Kier molecular flexibility index (Phi) is 3.03. The summed E-state index contributed by atoms with van der Waals surface area (Å²) in [6.45, 7) is 1.60. The van der Waals surface area contributed by atoms with Crippen LogP contribution in [0.1, 0.15) is 30.4 Å². The van der Waals surface area contributed by atoms with Gasteiger partial charge in [-0.05, 0) is 37.8 Å². The number of hydrogen-bond donors (Lipinski definition) is 0. The van der Waals surface area contributed by atoms with Crippen LogP contribution in [-0.4, -0.2) is 5.78 Å². The second-order valence-electron chi connectivity index (χ2n) is 4.40. The Balaban J connectivity index is 2.08. The summed E-state index contributed by atoms with van der Waals surface area (Å²) >= 11 is 0. The average molecular weight is 224 g/mol. The number of carbonyl (C=O) groups is 1. The zero-order valence-corrected chi connectivity index (χ0v) is 9.22. The van der Waals surface area contributed by atoms with Crippen LogP contribution in [-0.2, 0) is 11.2 Å². The molecule has 0 amide bonds. The van der Waals surface area contributed by atoms with Crippen molar-refractivity contribution in [3.63, 3.8) is 0 Å². The van der Waals surface area contributed by atoms with Gasteiger partial charge >= 0.3 is 0 Å². The topological polar surface area (TPSA) is 17.1 Å². The fourth-order valence-electron chi connectivity index (χ4n) is 1.80. The van der Waals surface area contributed by atoms with E-state index in [0.29, 0.717) is 5.56 Å². The minimum atomic E-state index is -0.549. The molecule has 0 heterocycles. The third-order valence-corrected chi connectivity index (χ3v) is 3.03. The predicted octanol–water partition coefficient (Wildman–Crippen LogP) is 3.18. The number of Topliss-reactive ketones (excluding diaryl/α,β-unsaturated/α-hetero) is 1. The summed E-state index contributed by atoms with van der Waals surface area (Å²) in [6.07, 6.45) is 2.31. The SMILES string of the molecule is Cc1ccc(F)c(CCC(=O)C2CC2)c1F. The van der Waals surface area contributed by atoms with Gasteiger partial charge in [0.1, 0.15) is 17.4 Å². The van der Waals surface area contributed by atoms with E-state index in [9.17, 15) is 13.6 Å². The third-order valence-electron chi connectivity index (χ3n) is 3.03. The highest BCUT2D eigenvalue weighted by atomic mass is 19.1. The lowest BCUT2D eigenvalue weighted by molar-refractivity contribution is -0.120. The first kappa shape index (κ1) is 11.2. The highest BCUT2D eigenvalue weighted by molar-refractivity contribution is 5.83. The zero-order chi connectivity index (χ0) is 11.7. The van der Waals surface area contributed by atoms with Crippen LogP contribution in [0.3, 0.4) is 0 Å². The van der Waals surface area contributed by atoms with E-state index in [0.717, 1.165) is 12.8 Å². The van der Waals surface area contributed by atoms with Crippen molar-refractivity contribution in [2.45, 2.75) is 32.6 Å². The number of hydrogen-bond acceptors (Lipinski definition) is 1. The van der Waals surface area contributed by atoms with Gasteiger partial charge in [-0.2, -0.15) is 0 Å². The van der Waals surface area contributed by atoms with E-state index in [4.69, 9.17) is 0 Å². The maximum atomic E-state index is 13.6. The van der Waals surface area contributed by atoms with Crippen molar-refractivity contribution in [1.82, 2.24) is 0 Å². The molecule has 0 aliphatic heterocycles. The average Bonchev–Trinajstić information content (AvgIpc) is 3.07. The molecule has 0 bridgehead atoms. The van der Waals surface area contributed by atoms with Crippen molar-refractivity contribution in [1.29, 1.82) is 0 Å². The number of benzene rings is 1. The summed E-state index contributed by atoms with van der Waals surface area (Å²) in [5.74, 6) is -0.758. The van der Waals surface area contributed by atoms with Crippen molar-refractivity contribution >= 4 is 5.78 Å². The van der Waals surface area contributed by atoms with Crippen LogP contribution in [0.2, 0.25) is 0 Å². The summed E-state index contributed by atoms with van der Waals surface area (Å²) < 4.78 is 26.9. The number of rotatable bonds is 4. The van der Waals surface area contributed by atoms with E-state index >= 15 is 0 Å². The molecule has 1 aliphatic carbocycles. The number of ketones is 1. The lowest BCUT2D eigenvalue weighted by atomic mass is 10.0. The van der Waals surface area contributed by atoms with Crippen molar-refractivity contribution in [3.8, 4) is 0 Å². The van der Waals surface area contributed by atoms with Gasteiger partial charge in [-0.25, -0.2) is 8.78 Å². The van der Waals surface area contributed by atoms with E-state index in [-0.39, 0.29) is 30.1 Å². The number of aryl methyl sites for hydroxylation is 1. The van der Waals surface area contributed by atoms with Crippen LogP contribution in [0.4, 0.5) is 8.78 Å². The maximum Gasteiger partial charge on any atom is 0.136 e. The van der Waals surface area contributed by atoms with Gasteiger partial charge in [0.15, 0.2) is 0 Å². The zero-order valence-electron chi connectivity index (χ0n) is 9.22. The van der Waals surface area contributed by atoms with E-state index in [1.54, 1.807) is 6.92 Å². The van der Waals surface area contributed by atoms with Gasteiger partial charge in [-0.1, -0.05) is 6.07 Å². The molecule has 0 unspecified atom stereocenters. The quantitative estimate of drug-likeness (QED) is 0.767. The molecule has 1 aliphatic rings. The van der Waals surface area contributed by atoms with Gasteiger partial charge in [0, 0.05) is 17.9 Å². The summed E-state index contributed by atoms with van der Waals surface area (Å²) in [7, 11) is 0. The van der Waals surface area contributed by atoms with Gasteiger partial charge in [0.25, 0.3) is 0 Å². The molecule has 1 saturated carbocycles. The molecule has 0 saturated heterocycles.